The van der Waals surface area contributed by atoms with Crippen LogP contribution in [0.3, 0.4) is 0 Å². The Bertz CT molecular complexity index is 785. The maximum atomic E-state index is 12.7. The molecule has 0 aliphatic carbocycles. The van der Waals surface area contributed by atoms with Crippen molar-refractivity contribution in [3.63, 3.8) is 0 Å². The van der Waals surface area contributed by atoms with Gasteiger partial charge in [-0.05, 0) is 43.4 Å². The van der Waals surface area contributed by atoms with Gasteiger partial charge in [0.1, 0.15) is 5.69 Å². The van der Waals surface area contributed by atoms with E-state index in [4.69, 9.17) is 0 Å². The normalized spacial score (nSPS) is 13.1. The first-order valence-electron chi connectivity index (χ1n) is 9.75. The summed E-state index contributed by atoms with van der Waals surface area (Å²) in [5, 5.41) is 5.84. The summed E-state index contributed by atoms with van der Waals surface area (Å²) in [5.41, 5.74) is 2.22. The number of hydrogen-bond donors (Lipinski definition) is 2. The van der Waals surface area contributed by atoms with Crippen molar-refractivity contribution in [3.8, 4) is 0 Å². The highest BCUT2D eigenvalue weighted by Gasteiger charge is 2.27. The van der Waals surface area contributed by atoms with Crippen LogP contribution in [0, 0.1) is 0 Å². The van der Waals surface area contributed by atoms with Gasteiger partial charge >= 0.3 is 0 Å². The van der Waals surface area contributed by atoms with E-state index in [-0.39, 0.29) is 11.8 Å². The Labute approximate surface area is 159 Å². The van der Waals surface area contributed by atoms with Crippen LogP contribution in [-0.2, 0) is 19.5 Å². The van der Waals surface area contributed by atoms with Gasteiger partial charge in [-0.1, -0.05) is 19.8 Å². The molecule has 0 bridgehead atoms. The Balaban J connectivity index is 1.72. The van der Waals surface area contributed by atoms with E-state index < -0.39 is 0 Å². The molecule has 3 heterocycles. The smallest absolute Gasteiger partial charge is 0.287 e. The molecular formula is C20H27N5O2. The summed E-state index contributed by atoms with van der Waals surface area (Å²) < 4.78 is 1.92. The number of carbonyl (C=O) groups excluding carboxylic acids is 2. The predicted molar refractivity (Wildman–Crippen MR) is 102 cm³/mol. The first kappa shape index (κ1) is 19.1. The van der Waals surface area contributed by atoms with Gasteiger partial charge in [0.15, 0.2) is 5.82 Å². The van der Waals surface area contributed by atoms with E-state index in [2.05, 4.69) is 27.5 Å². The number of carbonyl (C=O) groups is 2. The molecule has 2 aromatic heterocycles. The van der Waals surface area contributed by atoms with E-state index in [1.165, 1.54) is 0 Å². The Kier molecular flexibility index (Phi) is 6.57. The van der Waals surface area contributed by atoms with Gasteiger partial charge in [-0.25, -0.2) is 4.98 Å². The van der Waals surface area contributed by atoms with Gasteiger partial charge in [-0.2, -0.15) is 0 Å². The van der Waals surface area contributed by atoms with E-state index in [1.54, 1.807) is 12.4 Å². The lowest BCUT2D eigenvalue weighted by atomic mass is 10.1. The lowest BCUT2D eigenvalue weighted by Gasteiger charge is -2.17. The summed E-state index contributed by atoms with van der Waals surface area (Å²) in [6, 6.07) is 3.72. The zero-order chi connectivity index (χ0) is 19.1. The highest BCUT2D eigenvalue weighted by molar-refractivity contribution is 5.97. The number of unbranched alkanes of at least 4 members (excludes halogenated alkanes) is 2. The maximum Gasteiger partial charge on any atom is 0.287 e. The Hall–Kier alpha value is -2.70. The van der Waals surface area contributed by atoms with E-state index in [1.807, 2.05) is 16.7 Å². The van der Waals surface area contributed by atoms with Crippen LogP contribution in [-0.4, -0.2) is 32.9 Å². The number of hydrogen-bond acceptors (Lipinski definition) is 4. The maximum absolute atomic E-state index is 12.7. The summed E-state index contributed by atoms with van der Waals surface area (Å²) in [5.74, 6) is -0.0693. The molecular weight excluding hydrogens is 342 g/mol. The zero-order valence-electron chi connectivity index (χ0n) is 15.8. The molecule has 1 aliphatic rings. The van der Waals surface area contributed by atoms with Crippen LogP contribution in [0.15, 0.2) is 24.5 Å². The third-order valence-corrected chi connectivity index (χ3v) is 4.80. The molecule has 0 spiro atoms. The van der Waals surface area contributed by atoms with Gasteiger partial charge in [0.25, 0.3) is 11.8 Å². The second kappa shape index (κ2) is 9.30. The van der Waals surface area contributed by atoms with Crippen molar-refractivity contribution in [2.24, 2.45) is 0 Å². The van der Waals surface area contributed by atoms with Gasteiger partial charge in [0, 0.05) is 32.0 Å². The quantitative estimate of drug-likeness (QED) is 0.700. The third kappa shape index (κ3) is 4.72. The van der Waals surface area contributed by atoms with E-state index in [0.717, 1.165) is 56.3 Å². The largest absolute Gasteiger partial charge is 0.349 e. The van der Waals surface area contributed by atoms with Crippen molar-refractivity contribution in [1.29, 1.82) is 0 Å². The third-order valence-electron chi connectivity index (χ3n) is 4.80. The first-order chi connectivity index (χ1) is 13.2. The fraction of sp³-hybridized carbons (Fsp3) is 0.500. The summed E-state index contributed by atoms with van der Waals surface area (Å²) in [6.07, 6.45) is 9.32. The van der Waals surface area contributed by atoms with Crippen LogP contribution >= 0.6 is 0 Å². The molecule has 2 amide bonds. The minimum atomic E-state index is -0.234. The summed E-state index contributed by atoms with van der Waals surface area (Å²) in [4.78, 5) is 33.7. The molecule has 2 aromatic rings. The fourth-order valence-electron chi connectivity index (χ4n) is 3.32. The number of rotatable bonds is 8. The average molecular weight is 369 g/mol. The zero-order valence-corrected chi connectivity index (χ0v) is 15.8. The first-order valence-corrected chi connectivity index (χ1v) is 9.75. The molecule has 0 fully saturated rings. The molecule has 7 heteroatoms. The van der Waals surface area contributed by atoms with Gasteiger partial charge < -0.3 is 15.2 Å². The number of fused-ring (bicyclic) bond motifs is 1. The van der Waals surface area contributed by atoms with Crippen molar-refractivity contribution < 1.29 is 9.59 Å². The van der Waals surface area contributed by atoms with Crippen molar-refractivity contribution in [1.82, 2.24) is 25.2 Å². The van der Waals surface area contributed by atoms with Crippen LogP contribution in [0.4, 0.5) is 0 Å². The van der Waals surface area contributed by atoms with Crippen molar-refractivity contribution >= 4 is 11.8 Å². The minimum absolute atomic E-state index is 0.192. The molecule has 2 N–H and O–H groups in total. The summed E-state index contributed by atoms with van der Waals surface area (Å²) >= 11 is 0. The summed E-state index contributed by atoms with van der Waals surface area (Å²) in [7, 11) is 0. The highest BCUT2D eigenvalue weighted by Crippen LogP contribution is 2.21. The molecule has 27 heavy (non-hydrogen) atoms. The lowest BCUT2D eigenvalue weighted by molar-refractivity contribution is 0.0937. The van der Waals surface area contributed by atoms with Crippen LogP contribution in [0.2, 0.25) is 0 Å². The highest BCUT2D eigenvalue weighted by atomic mass is 16.2. The van der Waals surface area contributed by atoms with Crippen molar-refractivity contribution in [2.75, 3.05) is 6.54 Å². The SMILES string of the molecule is CCCCCNC(=O)c1nc(C(=O)NCc2ccncc2)c2n1CCCC2. The van der Waals surface area contributed by atoms with Crippen molar-refractivity contribution in [2.45, 2.75) is 58.5 Å². The molecule has 0 atom stereocenters. The van der Waals surface area contributed by atoms with Crippen LogP contribution in [0.1, 0.15) is 71.4 Å². The second-order valence-corrected chi connectivity index (χ2v) is 6.84. The number of nitrogens with one attached hydrogen (secondary N) is 2. The van der Waals surface area contributed by atoms with Gasteiger partial charge in [0.2, 0.25) is 0 Å². The van der Waals surface area contributed by atoms with E-state index in [9.17, 15) is 9.59 Å². The molecule has 0 unspecified atom stereocenters. The monoisotopic (exact) mass is 369 g/mol. The van der Waals surface area contributed by atoms with Gasteiger partial charge in [-0.3, -0.25) is 14.6 Å². The van der Waals surface area contributed by atoms with E-state index >= 15 is 0 Å². The number of amides is 2. The van der Waals surface area contributed by atoms with Gasteiger partial charge in [0.05, 0.1) is 5.69 Å². The molecule has 7 nitrogen and oxygen atoms in total. The van der Waals surface area contributed by atoms with Crippen LogP contribution in [0.5, 0.6) is 0 Å². The number of aromatic nitrogens is 3. The molecule has 0 aromatic carbocycles. The van der Waals surface area contributed by atoms with Crippen LogP contribution < -0.4 is 10.6 Å². The predicted octanol–water partition coefficient (Wildman–Crippen LogP) is 2.46. The Morgan fingerprint density at radius 3 is 2.70 bits per heavy atom. The van der Waals surface area contributed by atoms with Gasteiger partial charge in [-0.15, -0.1) is 0 Å². The summed E-state index contributed by atoms with van der Waals surface area (Å²) in [6.45, 7) is 3.91. The number of pyridine rings is 1. The number of imidazole rings is 1. The molecule has 0 saturated carbocycles. The molecule has 144 valence electrons. The standard InChI is InChI=1S/C20H27N5O2/c1-2-3-5-10-22-20(27)18-24-17(16-7-4-6-13-25(16)18)19(26)23-14-15-8-11-21-12-9-15/h8-9,11-12H,2-7,10,13-14H2,1H3,(H,22,27)(H,23,26). The molecule has 0 saturated heterocycles. The number of nitrogens with zero attached hydrogens (tertiary/aromatic N) is 3. The van der Waals surface area contributed by atoms with Crippen LogP contribution in [0.25, 0.3) is 0 Å². The molecule has 1 aliphatic heterocycles. The lowest BCUT2D eigenvalue weighted by Crippen LogP contribution is -2.28. The Morgan fingerprint density at radius 2 is 1.93 bits per heavy atom. The minimum Gasteiger partial charge on any atom is -0.349 e. The fourth-order valence-corrected chi connectivity index (χ4v) is 3.32. The molecule has 0 radical (unpaired) electrons. The Morgan fingerprint density at radius 1 is 1.11 bits per heavy atom. The topological polar surface area (TPSA) is 88.9 Å². The average Bonchev–Trinajstić information content (AvgIpc) is 3.10. The molecule has 3 rings (SSSR count). The van der Waals surface area contributed by atoms with Crippen molar-refractivity contribution in [3.05, 3.63) is 47.3 Å². The second-order valence-electron chi connectivity index (χ2n) is 6.84. The van der Waals surface area contributed by atoms with E-state index in [0.29, 0.717) is 24.6 Å².